The predicted molar refractivity (Wildman–Crippen MR) is 122 cm³/mol. The van der Waals surface area contributed by atoms with Gasteiger partial charge in [-0.25, -0.2) is 9.37 Å². The molecule has 0 spiro atoms. The smallest absolute Gasteiger partial charge is 0.252 e. The van der Waals surface area contributed by atoms with Crippen molar-refractivity contribution in [2.75, 3.05) is 26.1 Å². The van der Waals surface area contributed by atoms with Gasteiger partial charge in [-0.2, -0.15) is 9.67 Å². The number of benzene rings is 2. The van der Waals surface area contributed by atoms with Crippen LogP contribution in [0.2, 0.25) is 0 Å². The van der Waals surface area contributed by atoms with Gasteiger partial charge in [-0.3, -0.25) is 4.79 Å². The first-order valence-electron chi connectivity index (χ1n) is 10.2. The van der Waals surface area contributed by atoms with Crippen LogP contribution >= 0.6 is 0 Å². The first-order chi connectivity index (χ1) is 16.0. The van der Waals surface area contributed by atoms with Gasteiger partial charge in [0, 0.05) is 18.2 Å². The van der Waals surface area contributed by atoms with Crippen LogP contribution in [0.25, 0.3) is 17.2 Å². The highest BCUT2D eigenvalue weighted by atomic mass is 19.1. The Hall–Kier alpha value is -4.21. The van der Waals surface area contributed by atoms with Crippen molar-refractivity contribution in [1.29, 1.82) is 0 Å². The fourth-order valence-corrected chi connectivity index (χ4v) is 3.29. The molecule has 0 aliphatic heterocycles. The van der Waals surface area contributed by atoms with E-state index in [2.05, 4.69) is 25.4 Å². The zero-order valence-electron chi connectivity index (χ0n) is 18.4. The molecule has 0 unspecified atom stereocenters. The molecule has 33 heavy (non-hydrogen) atoms. The summed E-state index contributed by atoms with van der Waals surface area (Å²) < 4.78 is 26.2. The molecule has 2 heterocycles. The topological polar surface area (TPSA) is 107 Å². The molecule has 4 aromatic rings. The third-order valence-corrected chi connectivity index (χ3v) is 5.06. The number of ether oxygens (including phenoxy) is 2. The molecule has 0 aliphatic rings. The summed E-state index contributed by atoms with van der Waals surface area (Å²) in [5.74, 6) is 1.92. The quantitative estimate of drug-likeness (QED) is 0.425. The van der Waals surface area contributed by atoms with E-state index >= 15 is 0 Å². The Morgan fingerprint density at radius 3 is 2.64 bits per heavy atom. The van der Waals surface area contributed by atoms with Crippen LogP contribution in [-0.2, 0) is 6.42 Å². The average Bonchev–Trinajstić information content (AvgIpc) is 3.25. The number of hydrogen-bond donors (Lipinski definition) is 2. The van der Waals surface area contributed by atoms with Crippen LogP contribution in [0.5, 0.6) is 11.5 Å². The van der Waals surface area contributed by atoms with E-state index in [1.54, 1.807) is 33.3 Å². The van der Waals surface area contributed by atoms with Crippen LogP contribution in [0, 0.1) is 12.7 Å². The number of halogens is 1. The second-order valence-corrected chi connectivity index (χ2v) is 7.27. The highest BCUT2D eigenvalue weighted by Gasteiger charge is 2.16. The third-order valence-electron chi connectivity index (χ3n) is 5.06. The number of aryl methyl sites for hydroxylation is 1. The summed E-state index contributed by atoms with van der Waals surface area (Å²) >= 11 is 0. The Labute approximate surface area is 189 Å². The van der Waals surface area contributed by atoms with Crippen molar-refractivity contribution in [3.05, 3.63) is 76.1 Å². The van der Waals surface area contributed by atoms with E-state index in [0.717, 1.165) is 5.56 Å². The van der Waals surface area contributed by atoms with Crippen molar-refractivity contribution in [2.24, 2.45) is 0 Å². The monoisotopic (exact) mass is 450 g/mol. The maximum absolute atomic E-state index is 14.2. The summed E-state index contributed by atoms with van der Waals surface area (Å²) in [6, 6.07) is 11.8. The fourth-order valence-electron chi connectivity index (χ4n) is 3.29. The van der Waals surface area contributed by atoms with Gasteiger partial charge in [0.2, 0.25) is 5.95 Å². The molecule has 4 rings (SSSR count). The largest absolute Gasteiger partial charge is 0.493 e. The molecule has 0 fully saturated rings. The Morgan fingerprint density at radius 2 is 1.91 bits per heavy atom. The maximum Gasteiger partial charge on any atom is 0.252 e. The molecule has 170 valence electrons. The Morgan fingerprint density at radius 1 is 1.09 bits per heavy atom. The van der Waals surface area contributed by atoms with E-state index in [-0.39, 0.29) is 17.2 Å². The van der Waals surface area contributed by atoms with E-state index in [1.807, 2.05) is 18.2 Å². The lowest BCUT2D eigenvalue weighted by Gasteiger charge is -2.09. The van der Waals surface area contributed by atoms with Crippen molar-refractivity contribution in [2.45, 2.75) is 13.3 Å². The van der Waals surface area contributed by atoms with Gasteiger partial charge in [0.1, 0.15) is 5.82 Å². The summed E-state index contributed by atoms with van der Waals surface area (Å²) in [6.07, 6.45) is 1.95. The van der Waals surface area contributed by atoms with E-state index in [1.165, 1.54) is 23.1 Å². The molecule has 0 bridgehead atoms. The molecule has 0 aliphatic carbocycles. The number of nitrogens with zero attached hydrogens (tertiary/aromatic N) is 4. The van der Waals surface area contributed by atoms with Crippen molar-refractivity contribution < 1.29 is 13.9 Å². The van der Waals surface area contributed by atoms with Gasteiger partial charge in [-0.05, 0) is 42.7 Å². The molecule has 0 atom stereocenters. The Kier molecular flexibility index (Phi) is 6.34. The van der Waals surface area contributed by atoms with Crippen LogP contribution in [0.3, 0.4) is 0 Å². The number of rotatable bonds is 8. The molecular formula is C23H23FN6O3. The standard InChI is InChI=1S/C23H23FN6O3/c1-14-4-6-16(11-17(14)24)22-28-23(29-30(22)20-12-21(31)27-13-26-20)25-9-8-15-5-7-18(32-2)19(10-15)33-3/h4-7,10-13H,8-9H2,1-3H3,(H,25,29)(H,26,27,31). The fraction of sp³-hybridized carbons (Fsp3) is 0.217. The minimum atomic E-state index is -0.358. The number of H-pyrrole nitrogens is 1. The molecule has 0 saturated carbocycles. The molecular weight excluding hydrogens is 427 g/mol. The number of methoxy groups -OCH3 is 2. The second kappa shape index (κ2) is 9.51. The van der Waals surface area contributed by atoms with Crippen LogP contribution in [0.4, 0.5) is 10.3 Å². The third kappa shape index (κ3) is 4.84. The van der Waals surface area contributed by atoms with Crippen LogP contribution in [0.15, 0.2) is 53.6 Å². The average molecular weight is 450 g/mol. The number of nitrogens with one attached hydrogen (secondary N) is 2. The summed E-state index contributed by atoms with van der Waals surface area (Å²) in [5.41, 5.74) is 1.74. The Balaban J connectivity index is 1.60. The van der Waals surface area contributed by atoms with Crippen LogP contribution < -0.4 is 20.3 Å². The molecule has 0 saturated heterocycles. The van der Waals surface area contributed by atoms with E-state index in [9.17, 15) is 9.18 Å². The van der Waals surface area contributed by atoms with E-state index in [4.69, 9.17) is 9.47 Å². The molecule has 2 aromatic carbocycles. The van der Waals surface area contributed by atoms with Crippen molar-refractivity contribution >= 4 is 5.95 Å². The molecule has 2 N–H and O–H groups in total. The molecule has 2 aromatic heterocycles. The lowest BCUT2D eigenvalue weighted by atomic mass is 10.1. The minimum absolute atomic E-state index is 0.273. The highest BCUT2D eigenvalue weighted by molar-refractivity contribution is 5.60. The van der Waals surface area contributed by atoms with Gasteiger partial charge in [-0.1, -0.05) is 18.2 Å². The lowest BCUT2D eigenvalue weighted by molar-refractivity contribution is 0.354. The Bertz CT molecular complexity index is 1330. The summed E-state index contributed by atoms with van der Waals surface area (Å²) in [4.78, 5) is 23.0. The van der Waals surface area contributed by atoms with Gasteiger partial charge in [0.05, 0.1) is 20.5 Å². The van der Waals surface area contributed by atoms with E-state index in [0.29, 0.717) is 47.4 Å². The first kappa shape index (κ1) is 22.0. The summed E-state index contributed by atoms with van der Waals surface area (Å²) in [7, 11) is 3.18. The minimum Gasteiger partial charge on any atom is -0.493 e. The van der Waals surface area contributed by atoms with E-state index < -0.39 is 0 Å². The predicted octanol–water partition coefficient (Wildman–Crippen LogP) is 3.14. The zero-order chi connectivity index (χ0) is 23.4. The van der Waals surface area contributed by atoms with Crippen molar-refractivity contribution in [1.82, 2.24) is 24.7 Å². The SMILES string of the molecule is COc1ccc(CCNc2nc(-c3ccc(C)c(F)c3)n(-c3cc(=O)[nH]cn3)n2)cc1OC. The summed E-state index contributed by atoms with van der Waals surface area (Å²) in [6.45, 7) is 2.22. The molecule has 0 radical (unpaired) electrons. The van der Waals surface area contributed by atoms with Gasteiger partial charge >= 0.3 is 0 Å². The molecule has 9 nitrogen and oxygen atoms in total. The van der Waals surface area contributed by atoms with Gasteiger partial charge in [-0.15, -0.1) is 5.10 Å². The lowest BCUT2D eigenvalue weighted by Crippen LogP contribution is -2.11. The molecule has 10 heteroatoms. The van der Waals surface area contributed by atoms with Crippen molar-refractivity contribution in [3.8, 4) is 28.7 Å². The van der Waals surface area contributed by atoms with Crippen LogP contribution in [-0.4, -0.2) is 45.5 Å². The van der Waals surface area contributed by atoms with Gasteiger partial charge < -0.3 is 19.8 Å². The van der Waals surface area contributed by atoms with Crippen LogP contribution in [0.1, 0.15) is 11.1 Å². The number of hydrogen-bond acceptors (Lipinski definition) is 7. The highest BCUT2D eigenvalue weighted by Crippen LogP contribution is 2.28. The first-order valence-corrected chi connectivity index (χ1v) is 10.2. The number of anilines is 1. The van der Waals surface area contributed by atoms with Gasteiger partial charge in [0.15, 0.2) is 23.1 Å². The number of aromatic amines is 1. The second-order valence-electron chi connectivity index (χ2n) is 7.27. The normalized spacial score (nSPS) is 10.8. The summed E-state index contributed by atoms with van der Waals surface area (Å²) in [5, 5.41) is 7.63. The van der Waals surface area contributed by atoms with Gasteiger partial charge in [0.25, 0.3) is 5.56 Å². The maximum atomic E-state index is 14.2. The zero-order valence-corrected chi connectivity index (χ0v) is 18.4. The number of aromatic nitrogens is 5. The molecule has 0 amide bonds. The van der Waals surface area contributed by atoms with Crippen molar-refractivity contribution in [3.63, 3.8) is 0 Å².